The van der Waals surface area contributed by atoms with Crippen molar-refractivity contribution >= 4 is 102 Å². The van der Waals surface area contributed by atoms with E-state index in [1.54, 1.807) is 24.3 Å². The van der Waals surface area contributed by atoms with Crippen LogP contribution in [0.5, 0.6) is 17.2 Å². The van der Waals surface area contributed by atoms with Crippen molar-refractivity contribution in [2.24, 2.45) is 0 Å². The van der Waals surface area contributed by atoms with Crippen LogP contribution in [0, 0.1) is 14.3 Å². The lowest BCUT2D eigenvalue weighted by atomic mass is 10.2. The Morgan fingerprint density at radius 1 is 0.875 bits per heavy atom. The van der Waals surface area contributed by atoms with E-state index < -0.39 is 5.97 Å². The Morgan fingerprint density at radius 3 is 1.75 bits per heavy atom. The van der Waals surface area contributed by atoms with Gasteiger partial charge in [0.25, 0.3) is 0 Å². The molecule has 126 valence electrons. The molecular formula is C15H8I4O5. The number of halogens is 4. The summed E-state index contributed by atoms with van der Waals surface area (Å²) in [5, 5.41) is 9.10. The van der Waals surface area contributed by atoms with Crippen molar-refractivity contribution in [2.75, 3.05) is 0 Å². The van der Waals surface area contributed by atoms with E-state index in [4.69, 9.17) is 14.6 Å². The summed E-state index contributed by atoms with van der Waals surface area (Å²) < 4.78 is 14.0. The number of hydrogen-bond acceptors (Lipinski definition) is 4. The van der Waals surface area contributed by atoms with Gasteiger partial charge in [-0.05, 0) is 115 Å². The number of aromatic carboxylic acids is 1. The molecule has 0 aliphatic rings. The molecule has 0 amide bonds. The van der Waals surface area contributed by atoms with Crippen LogP contribution in [0.1, 0.15) is 17.3 Å². The van der Waals surface area contributed by atoms with Gasteiger partial charge in [0.1, 0.15) is 5.75 Å². The molecule has 5 nitrogen and oxygen atoms in total. The quantitative estimate of drug-likeness (QED) is 0.252. The second-order valence-electron chi connectivity index (χ2n) is 4.49. The topological polar surface area (TPSA) is 72.8 Å². The average molecular weight is 776 g/mol. The zero-order valence-corrected chi connectivity index (χ0v) is 20.5. The summed E-state index contributed by atoms with van der Waals surface area (Å²) in [5.41, 5.74) is 0.213. The number of carboxylic acid groups (broad SMARTS) is 1. The van der Waals surface area contributed by atoms with Crippen LogP contribution in [0.2, 0.25) is 0 Å². The van der Waals surface area contributed by atoms with Crippen LogP contribution in [0.25, 0.3) is 0 Å². The number of rotatable bonds is 4. The van der Waals surface area contributed by atoms with Gasteiger partial charge in [0, 0.05) is 6.92 Å². The first kappa shape index (κ1) is 20.4. The molecule has 9 heteroatoms. The predicted octanol–water partition coefficient (Wildman–Crippen LogP) is 5.52. The molecule has 0 radical (unpaired) electrons. The first-order valence-corrected chi connectivity index (χ1v) is 10.6. The van der Waals surface area contributed by atoms with Crippen LogP contribution in [0.4, 0.5) is 0 Å². The molecule has 0 aliphatic heterocycles. The van der Waals surface area contributed by atoms with E-state index >= 15 is 0 Å². The Balaban J connectivity index is 2.39. The van der Waals surface area contributed by atoms with Crippen LogP contribution >= 0.6 is 90.4 Å². The highest BCUT2D eigenvalue weighted by atomic mass is 127. The normalized spacial score (nSPS) is 10.4. The smallest absolute Gasteiger partial charge is 0.335 e. The maximum Gasteiger partial charge on any atom is 0.335 e. The zero-order chi connectivity index (χ0) is 18.0. The molecule has 0 aliphatic carbocycles. The maximum absolute atomic E-state index is 11.2. The molecule has 2 aromatic carbocycles. The van der Waals surface area contributed by atoms with Gasteiger partial charge in [-0.3, -0.25) is 4.79 Å². The van der Waals surface area contributed by atoms with E-state index in [2.05, 4.69) is 45.2 Å². The number of benzene rings is 2. The van der Waals surface area contributed by atoms with E-state index in [9.17, 15) is 9.59 Å². The first-order chi connectivity index (χ1) is 11.2. The monoisotopic (exact) mass is 776 g/mol. The fourth-order valence-electron chi connectivity index (χ4n) is 1.74. The summed E-state index contributed by atoms with van der Waals surface area (Å²) in [6.07, 6.45) is 0. The lowest BCUT2D eigenvalue weighted by Gasteiger charge is -2.13. The van der Waals surface area contributed by atoms with Gasteiger partial charge in [-0.15, -0.1) is 0 Å². The van der Waals surface area contributed by atoms with Crippen molar-refractivity contribution in [1.82, 2.24) is 0 Å². The zero-order valence-electron chi connectivity index (χ0n) is 11.9. The Kier molecular flexibility index (Phi) is 7.36. The summed E-state index contributed by atoms with van der Waals surface area (Å²) in [6.45, 7) is 1.35. The van der Waals surface area contributed by atoms with E-state index in [1.165, 1.54) is 6.92 Å². The minimum Gasteiger partial charge on any atom is -0.478 e. The molecule has 24 heavy (non-hydrogen) atoms. The minimum atomic E-state index is -0.979. The number of hydrogen-bond donors (Lipinski definition) is 1. The standard InChI is InChI=1S/C15H8I4O5/c1-6(20)23-13-11(18)4-8(5-12(13)19)24-14-9(16)2-7(15(21)22)3-10(14)17/h2-5H,1H3,(H,21,22). The van der Waals surface area contributed by atoms with Gasteiger partial charge >= 0.3 is 11.9 Å². The third kappa shape index (κ3) is 5.06. The van der Waals surface area contributed by atoms with Crippen molar-refractivity contribution < 1.29 is 24.2 Å². The van der Waals surface area contributed by atoms with Gasteiger partial charge in [0.15, 0.2) is 11.5 Å². The van der Waals surface area contributed by atoms with Crippen LogP contribution in [-0.2, 0) is 4.79 Å². The van der Waals surface area contributed by atoms with Gasteiger partial charge in [-0.2, -0.15) is 0 Å². The summed E-state index contributed by atoms with van der Waals surface area (Å²) >= 11 is 8.24. The summed E-state index contributed by atoms with van der Waals surface area (Å²) in [6, 6.07) is 6.64. The molecule has 0 saturated heterocycles. The van der Waals surface area contributed by atoms with Crippen molar-refractivity contribution in [3.05, 3.63) is 44.1 Å². The number of ether oxygens (including phenoxy) is 2. The largest absolute Gasteiger partial charge is 0.478 e. The first-order valence-electron chi connectivity index (χ1n) is 6.26. The number of carboxylic acids is 1. The molecule has 0 atom stereocenters. The minimum absolute atomic E-state index is 0.213. The Labute approximate surface area is 192 Å². The van der Waals surface area contributed by atoms with Crippen LogP contribution < -0.4 is 9.47 Å². The predicted molar refractivity (Wildman–Crippen MR) is 122 cm³/mol. The highest BCUT2D eigenvalue weighted by Crippen LogP contribution is 2.37. The van der Waals surface area contributed by atoms with E-state index in [0.29, 0.717) is 24.4 Å². The SMILES string of the molecule is CC(=O)Oc1c(I)cc(Oc2c(I)cc(C(=O)O)cc2I)cc1I. The highest BCUT2D eigenvalue weighted by Gasteiger charge is 2.16. The van der Waals surface area contributed by atoms with Crippen LogP contribution in [0.15, 0.2) is 24.3 Å². The van der Waals surface area contributed by atoms with Gasteiger partial charge in [-0.1, -0.05) is 0 Å². The molecule has 0 unspecified atom stereocenters. The van der Waals surface area contributed by atoms with Gasteiger partial charge in [0.2, 0.25) is 0 Å². The second-order valence-corrected chi connectivity index (χ2v) is 9.13. The van der Waals surface area contributed by atoms with E-state index in [0.717, 1.165) is 7.14 Å². The van der Waals surface area contributed by atoms with E-state index in [-0.39, 0.29) is 11.5 Å². The number of carbonyl (C=O) groups excluding carboxylic acids is 1. The Hall–Kier alpha value is 0.1000. The van der Waals surface area contributed by atoms with Crippen molar-refractivity contribution in [2.45, 2.75) is 6.92 Å². The molecule has 0 heterocycles. The molecule has 0 bridgehead atoms. The highest BCUT2D eigenvalue weighted by molar-refractivity contribution is 14.1. The van der Waals surface area contributed by atoms with Crippen LogP contribution in [0.3, 0.4) is 0 Å². The molecule has 2 aromatic rings. The molecule has 2 rings (SSSR count). The van der Waals surface area contributed by atoms with Crippen molar-refractivity contribution in [3.8, 4) is 17.2 Å². The van der Waals surface area contributed by atoms with Gasteiger partial charge < -0.3 is 14.6 Å². The molecule has 1 N–H and O–H groups in total. The summed E-state index contributed by atoms with van der Waals surface area (Å²) in [7, 11) is 0. The summed E-state index contributed by atoms with van der Waals surface area (Å²) in [5.74, 6) is 0.313. The van der Waals surface area contributed by atoms with Crippen molar-refractivity contribution in [3.63, 3.8) is 0 Å². The number of esters is 1. The summed E-state index contributed by atoms with van der Waals surface area (Å²) in [4.78, 5) is 22.3. The lowest BCUT2D eigenvalue weighted by Crippen LogP contribution is -2.05. The Bertz CT molecular complexity index is 789. The fourth-order valence-corrected chi connectivity index (χ4v) is 5.65. The molecule has 0 fully saturated rings. The molecule has 0 spiro atoms. The van der Waals surface area contributed by atoms with Crippen LogP contribution in [-0.4, -0.2) is 17.0 Å². The van der Waals surface area contributed by atoms with E-state index in [1.807, 2.05) is 45.2 Å². The van der Waals surface area contributed by atoms with Gasteiger partial charge in [0.05, 0.1) is 19.8 Å². The third-order valence-electron chi connectivity index (χ3n) is 2.68. The molecule has 0 saturated carbocycles. The lowest BCUT2D eigenvalue weighted by molar-refractivity contribution is -0.132. The Morgan fingerprint density at radius 2 is 1.33 bits per heavy atom. The third-order valence-corrected chi connectivity index (χ3v) is 5.89. The maximum atomic E-state index is 11.2. The molecule has 0 aromatic heterocycles. The average Bonchev–Trinajstić information content (AvgIpc) is 2.46. The molecular weight excluding hydrogens is 768 g/mol. The van der Waals surface area contributed by atoms with Gasteiger partial charge in [-0.25, -0.2) is 4.79 Å². The van der Waals surface area contributed by atoms with Crippen molar-refractivity contribution in [1.29, 1.82) is 0 Å². The number of carbonyl (C=O) groups is 2. The second kappa shape index (κ2) is 8.66. The fraction of sp³-hybridized carbons (Fsp3) is 0.0667.